The Kier molecular flexibility index (Phi) is 4.40. The summed E-state index contributed by atoms with van der Waals surface area (Å²) in [6.45, 7) is 0. The molecule has 2 N–H and O–H groups in total. The predicted molar refractivity (Wildman–Crippen MR) is 84.0 cm³/mol. The zero-order chi connectivity index (χ0) is 15.5. The van der Waals surface area contributed by atoms with Crippen LogP contribution in [-0.2, 0) is 0 Å². The van der Waals surface area contributed by atoms with Crippen LogP contribution < -0.4 is 10.1 Å². The maximum atomic E-state index is 12.3. The molecular formula is C16H18N2O3S. The summed E-state index contributed by atoms with van der Waals surface area (Å²) in [5.74, 6) is 0.687. The molecule has 0 spiro atoms. The number of thiophene rings is 1. The van der Waals surface area contributed by atoms with Gasteiger partial charge in [0.2, 0.25) is 5.88 Å². The molecule has 2 heterocycles. The number of aromatic nitrogens is 1. The number of hydrogen-bond acceptors (Lipinski definition) is 5. The van der Waals surface area contributed by atoms with Crippen molar-refractivity contribution in [1.29, 1.82) is 0 Å². The van der Waals surface area contributed by atoms with E-state index in [9.17, 15) is 9.90 Å². The van der Waals surface area contributed by atoms with Crippen molar-refractivity contribution in [2.45, 2.75) is 25.0 Å². The lowest BCUT2D eigenvalue weighted by Crippen LogP contribution is -2.41. The van der Waals surface area contributed by atoms with Gasteiger partial charge in [-0.2, -0.15) is 0 Å². The number of aliphatic hydroxyl groups is 1. The van der Waals surface area contributed by atoms with Crippen molar-refractivity contribution in [1.82, 2.24) is 10.3 Å². The second-order valence-corrected chi connectivity index (χ2v) is 6.40. The molecule has 2 aromatic heterocycles. The summed E-state index contributed by atoms with van der Waals surface area (Å²) in [7, 11) is 1.57. The van der Waals surface area contributed by atoms with Gasteiger partial charge in [0, 0.05) is 12.3 Å². The largest absolute Gasteiger partial charge is 0.481 e. The first-order valence-electron chi connectivity index (χ1n) is 7.19. The predicted octanol–water partition coefficient (Wildman–Crippen LogP) is 2.39. The van der Waals surface area contributed by atoms with Gasteiger partial charge in [0.05, 0.1) is 24.1 Å². The molecule has 22 heavy (non-hydrogen) atoms. The number of pyridine rings is 1. The van der Waals surface area contributed by atoms with Crippen LogP contribution in [0.5, 0.6) is 5.88 Å². The standard InChI is InChI=1S/C16H18N2O3S/c1-21-14-5-4-10(9-17-14)15(11-7-12(19)8-11)18-16(20)13-3-2-6-22-13/h2-6,9,11-12,15,19H,7-8H2,1H3,(H,18,20)/t11?,12?,15-/m0/s1. The molecule has 5 nitrogen and oxygen atoms in total. The number of hydrogen-bond donors (Lipinski definition) is 2. The van der Waals surface area contributed by atoms with Gasteiger partial charge in [-0.3, -0.25) is 4.79 Å². The lowest BCUT2D eigenvalue weighted by molar-refractivity contribution is 0.0235. The lowest BCUT2D eigenvalue weighted by atomic mass is 9.75. The molecule has 0 aromatic carbocycles. The molecule has 1 saturated carbocycles. The maximum absolute atomic E-state index is 12.3. The first-order chi connectivity index (χ1) is 10.7. The summed E-state index contributed by atoms with van der Waals surface area (Å²) in [6.07, 6.45) is 2.85. The highest BCUT2D eigenvalue weighted by Gasteiger charge is 2.36. The van der Waals surface area contributed by atoms with Crippen LogP contribution in [0.1, 0.15) is 34.1 Å². The SMILES string of the molecule is COc1ccc([C@H](NC(=O)c2cccs2)C2CC(O)C2)cn1. The minimum atomic E-state index is -0.266. The summed E-state index contributed by atoms with van der Waals surface area (Å²) < 4.78 is 5.07. The van der Waals surface area contributed by atoms with Gasteiger partial charge in [0.25, 0.3) is 5.91 Å². The fraction of sp³-hybridized carbons (Fsp3) is 0.375. The van der Waals surface area contributed by atoms with Crippen LogP contribution in [-0.4, -0.2) is 29.2 Å². The first kappa shape index (κ1) is 15.0. The van der Waals surface area contributed by atoms with Crippen molar-refractivity contribution >= 4 is 17.2 Å². The highest BCUT2D eigenvalue weighted by molar-refractivity contribution is 7.12. The highest BCUT2D eigenvalue weighted by atomic mass is 32.1. The van der Waals surface area contributed by atoms with Gasteiger partial charge in [-0.05, 0) is 35.8 Å². The molecule has 0 unspecified atom stereocenters. The molecule has 1 amide bonds. The monoisotopic (exact) mass is 318 g/mol. The molecule has 116 valence electrons. The minimum absolute atomic E-state index is 0.0859. The van der Waals surface area contributed by atoms with E-state index in [2.05, 4.69) is 10.3 Å². The number of nitrogens with zero attached hydrogens (tertiary/aromatic N) is 1. The van der Waals surface area contributed by atoms with E-state index in [-0.39, 0.29) is 24.0 Å². The Labute approximate surface area is 133 Å². The molecule has 0 radical (unpaired) electrons. The van der Waals surface area contributed by atoms with Crippen LogP contribution >= 0.6 is 11.3 Å². The number of carbonyl (C=O) groups excluding carboxylic acids is 1. The van der Waals surface area contributed by atoms with Crippen molar-refractivity contribution in [3.8, 4) is 5.88 Å². The van der Waals surface area contributed by atoms with Crippen LogP contribution in [0.3, 0.4) is 0 Å². The average Bonchev–Trinajstić information content (AvgIpc) is 3.04. The number of carbonyl (C=O) groups is 1. The molecule has 0 aliphatic heterocycles. The second kappa shape index (κ2) is 6.46. The highest BCUT2D eigenvalue weighted by Crippen LogP contribution is 2.38. The van der Waals surface area contributed by atoms with E-state index in [1.807, 2.05) is 17.5 Å². The maximum Gasteiger partial charge on any atom is 0.261 e. The Balaban J connectivity index is 1.78. The van der Waals surface area contributed by atoms with Gasteiger partial charge in [-0.25, -0.2) is 4.98 Å². The number of aliphatic hydroxyl groups excluding tert-OH is 1. The summed E-state index contributed by atoms with van der Waals surface area (Å²) in [6, 6.07) is 7.22. The third-order valence-electron chi connectivity index (χ3n) is 3.98. The topological polar surface area (TPSA) is 71.5 Å². The minimum Gasteiger partial charge on any atom is -0.481 e. The quantitative estimate of drug-likeness (QED) is 0.888. The fourth-order valence-corrected chi connectivity index (χ4v) is 3.32. The summed E-state index contributed by atoms with van der Waals surface area (Å²) >= 11 is 1.42. The lowest BCUT2D eigenvalue weighted by Gasteiger charge is -2.38. The van der Waals surface area contributed by atoms with Crippen LogP contribution in [0.25, 0.3) is 0 Å². The number of nitrogens with one attached hydrogen (secondary N) is 1. The molecule has 1 aliphatic rings. The first-order valence-corrected chi connectivity index (χ1v) is 8.07. The van der Waals surface area contributed by atoms with E-state index in [1.54, 1.807) is 25.4 Å². The van der Waals surface area contributed by atoms with E-state index < -0.39 is 0 Å². The Morgan fingerprint density at radius 3 is 2.82 bits per heavy atom. The van der Waals surface area contributed by atoms with Gasteiger partial charge < -0.3 is 15.2 Å². The number of methoxy groups -OCH3 is 1. The Morgan fingerprint density at radius 2 is 2.27 bits per heavy atom. The van der Waals surface area contributed by atoms with Crippen molar-refractivity contribution in [3.63, 3.8) is 0 Å². The summed E-state index contributed by atoms with van der Waals surface area (Å²) in [5, 5.41) is 14.5. The Morgan fingerprint density at radius 1 is 1.45 bits per heavy atom. The van der Waals surface area contributed by atoms with E-state index in [1.165, 1.54) is 11.3 Å². The Hall–Kier alpha value is -1.92. The smallest absolute Gasteiger partial charge is 0.261 e. The molecule has 0 saturated heterocycles. The Bertz CT molecular complexity index is 621. The van der Waals surface area contributed by atoms with Crippen molar-refractivity contribution in [2.24, 2.45) is 5.92 Å². The van der Waals surface area contributed by atoms with Crippen molar-refractivity contribution in [3.05, 3.63) is 46.3 Å². The van der Waals surface area contributed by atoms with Crippen molar-refractivity contribution in [2.75, 3.05) is 7.11 Å². The fourth-order valence-electron chi connectivity index (χ4n) is 2.69. The zero-order valence-electron chi connectivity index (χ0n) is 12.2. The van der Waals surface area contributed by atoms with Crippen LogP contribution in [0.15, 0.2) is 35.8 Å². The normalized spacial score (nSPS) is 21.7. The average molecular weight is 318 g/mol. The summed E-state index contributed by atoms with van der Waals surface area (Å²) in [4.78, 5) is 17.2. The van der Waals surface area contributed by atoms with Gasteiger partial charge >= 0.3 is 0 Å². The van der Waals surface area contributed by atoms with E-state index >= 15 is 0 Å². The third-order valence-corrected chi connectivity index (χ3v) is 4.85. The van der Waals surface area contributed by atoms with Gasteiger partial charge in [-0.1, -0.05) is 12.1 Å². The van der Waals surface area contributed by atoms with Crippen LogP contribution in [0.2, 0.25) is 0 Å². The zero-order valence-corrected chi connectivity index (χ0v) is 13.0. The molecular weight excluding hydrogens is 300 g/mol. The van der Waals surface area contributed by atoms with E-state index in [4.69, 9.17) is 4.74 Å². The molecule has 3 rings (SSSR count). The third kappa shape index (κ3) is 3.13. The summed E-state index contributed by atoms with van der Waals surface area (Å²) in [5.41, 5.74) is 0.933. The number of rotatable bonds is 5. The van der Waals surface area contributed by atoms with Crippen molar-refractivity contribution < 1.29 is 14.6 Å². The molecule has 6 heteroatoms. The molecule has 2 aromatic rings. The van der Waals surface area contributed by atoms with Gasteiger partial charge in [-0.15, -0.1) is 11.3 Å². The second-order valence-electron chi connectivity index (χ2n) is 5.45. The molecule has 0 bridgehead atoms. The van der Waals surface area contributed by atoms with E-state index in [0.717, 1.165) is 5.56 Å². The van der Waals surface area contributed by atoms with E-state index in [0.29, 0.717) is 23.6 Å². The van der Waals surface area contributed by atoms with Crippen LogP contribution in [0.4, 0.5) is 0 Å². The molecule has 1 fully saturated rings. The van der Waals surface area contributed by atoms with Crippen LogP contribution in [0, 0.1) is 5.92 Å². The molecule has 1 aliphatic carbocycles. The molecule has 1 atom stereocenters. The number of amides is 1. The number of ether oxygens (including phenoxy) is 1. The van der Waals surface area contributed by atoms with Gasteiger partial charge in [0.1, 0.15) is 0 Å². The van der Waals surface area contributed by atoms with Gasteiger partial charge in [0.15, 0.2) is 0 Å².